The summed E-state index contributed by atoms with van der Waals surface area (Å²) in [5.41, 5.74) is -2.92. The van der Waals surface area contributed by atoms with E-state index in [9.17, 15) is 14.7 Å². The maximum atomic E-state index is 13.2. The molecule has 1 N–H and O–H groups in total. The quantitative estimate of drug-likeness (QED) is 0.436. The van der Waals surface area contributed by atoms with E-state index < -0.39 is 43.5 Å². The van der Waals surface area contributed by atoms with Gasteiger partial charge in [-0.05, 0) is 51.3 Å². The van der Waals surface area contributed by atoms with Crippen LogP contribution in [0, 0.1) is 10.8 Å². The van der Waals surface area contributed by atoms with Crippen molar-refractivity contribution in [2.45, 2.75) is 78.2 Å². The topological polar surface area (TPSA) is 72.8 Å². The summed E-state index contributed by atoms with van der Waals surface area (Å²) in [5.74, 6) is -1.83. The van der Waals surface area contributed by atoms with Gasteiger partial charge in [-0.1, -0.05) is 51.1 Å². The lowest BCUT2D eigenvalue weighted by Gasteiger charge is -2.41. The van der Waals surface area contributed by atoms with Gasteiger partial charge in [-0.25, -0.2) is 0 Å². The molecule has 0 aliphatic heterocycles. The van der Waals surface area contributed by atoms with Gasteiger partial charge in [-0.3, -0.25) is 9.59 Å². The van der Waals surface area contributed by atoms with Crippen LogP contribution in [0.25, 0.3) is 0 Å². The fraction of sp³-hybridized carbons (Fsp3) is 0.636. The molecule has 1 aromatic rings. The summed E-state index contributed by atoms with van der Waals surface area (Å²) < 4.78 is 12.1. The van der Waals surface area contributed by atoms with E-state index in [4.69, 9.17) is 9.16 Å². The standard InChI is InChI=1S/C22H34O5Si/c1-19(2,3)16(27-28(7)8)21(15-12-10-9-11-13-15)14-22(21,17(23)24)18(25)26-20(4,5)6/h9-13,16,28H,14H2,1-8H3,(H,23,24). The molecule has 5 nitrogen and oxygen atoms in total. The van der Waals surface area contributed by atoms with Crippen LogP contribution in [-0.2, 0) is 24.2 Å². The Kier molecular flexibility index (Phi) is 5.90. The van der Waals surface area contributed by atoms with Gasteiger partial charge in [-0.15, -0.1) is 0 Å². The number of carboxylic acid groups (broad SMARTS) is 1. The largest absolute Gasteiger partial charge is 0.480 e. The number of carbonyl (C=O) groups is 2. The molecule has 2 rings (SSSR count). The zero-order valence-electron chi connectivity index (χ0n) is 18.3. The van der Waals surface area contributed by atoms with E-state index in [2.05, 4.69) is 13.1 Å². The molecule has 1 saturated carbocycles. The predicted octanol–water partition coefficient (Wildman–Crippen LogP) is 4.16. The highest BCUT2D eigenvalue weighted by Crippen LogP contribution is 2.70. The van der Waals surface area contributed by atoms with Gasteiger partial charge in [0.1, 0.15) is 5.60 Å². The molecule has 0 spiro atoms. The number of rotatable bonds is 6. The molecular weight excluding hydrogens is 372 g/mol. The SMILES string of the molecule is C[SiH](C)OC(C(C)(C)C)C1(c2ccccc2)CC1(C(=O)O)C(=O)OC(C)(C)C. The number of benzene rings is 1. The van der Waals surface area contributed by atoms with Crippen LogP contribution in [0.3, 0.4) is 0 Å². The molecule has 1 aliphatic rings. The maximum Gasteiger partial charge on any atom is 0.325 e. The van der Waals surface area contributed by atoms with Crippen LogP contribution in [-0.4, -0.2) is 37.8 Å². The second-order valence-corrected chi connectivity index (χ2v) is 12.5. The van der Waals surface area contributed by atoms with Gasteiger partial charge in [0.25, 0.3) is 0 Å². The Morgan fingerprint density at radius 3 is 2.00 bits per heavy atom. The Labute approximate surface area is 170 Å². The van der Waals surface area contributed by atoms with Crippen LogP contribution in [0.5, 0.6) is 0 Å². The van der Waals surface area contributed by atoms with Crippen molar-refractivity contribution in [2.24, 2.45) is 10.8 Å². The number of esters is 1. The highest BCUT2D eigenvalue weighted by Gasteiger charge is 2.82. The minimum atomic E-state index is -1.65. The molecule has 1 aromatic carbocycles. The molecule has 0 aromatic heterocycles. The highest BCUT2D eigenvalue weighted by atomic mass is 28.3. The minimum Gasteiger partial charge on any atom is -0.480 e. The van der Waals surface area contributed by atoms with E-state index in [1.807, 2.05) is 51.1 Å². The number of carboxylic acids is 1. The predicted molar refractivity (Wildman–Crippen MR) is 112 cm³/mol. The molecule has 3 unspecified atom stereocenters. The molecule has 6 heteroatoms. The minimum absolute atomic E-state index is 0.178. The molecule has 0 radical (unpaired) electrons. The molecular formula is C22H34O5Si. The van der Waals surface area contributed by atoms with Crippen LogP contribution in [0.1, 0.15) is 53.5 Å². The summed E-state index contributed by atoms with van der Waals surface area (Å²) in [4.78, 5) is 25.8. The third-order valence-corrected chi connectivity index (χ3v) is 6.04. The first kappa shape index (κ1) is 22.6. The molecule has 0 amide bonds. The molecule has 0 bridgehead atoms. The van der Waals surface area contributed by atoms with Crippen LogP contribution in [0.2, 0.25) is 13.1 Å². The van der Waals surface area contributed by atoms with Gasteiger partial charge in [0.2, 0.25) is 0 Å². The van der Waals surface area contributed by atoms with Gasteiger partial charge in [0.15, 0.2) is 14.5 Å². The average molecular weight is 407 g/mol. The summed E-state index contributed by atoms with van der Waals surface area (Å²) >= 11 is 0. The summed E-state index contributed by atoms with van der Waals surface area (Å²) in [7, 11) is -1.52. The second-order valence-electron chi connectivity index (χ2n) is 10.2. The highest BCUT2D eigenvalue weighted by molar-refractivity contribution is 6.48. The number of carbonyl (C=O) groups excluding carboxylic acids is 1. The molecule has 1 aliphatic carbocycles. The molecule has 0 saturated heterocycles. The van der Waals surface area contributed by atoms with Crippen molar-refractivity contribution < 1.29 is 23.9 Å². The van der Waals surface area contributed by atoms with Crippen molar-refractivity contribution >= 4 is 21.0 Å². The Balaban J connectivity index is 2.71. The summed E-state index contributed by atoms with van der Waals surface area (Å²) in [5, 5.41) is 10.3. The molecule has 0 heterocycles. The van der Waals surface area contributed by atoms with Crippen LogP contribution in [0.15, 0.2) is 30.3 Å². The van der Waals surface area contributed by atoms with Gasteiger partial charge < -0.3 is 14.3 Å². The van der Waals surface area contributed by atoms with Crippen LogP contribution in [0.4, 0.5) is 0 Å². The first-order valence-electron chi connectivity index (χ1n) is 9.86. The zero-order valence-corrected chi connectivity index (χ0v) is 19.5. The first-order chi connectivity index (χ1) is 12.7. The Bertz CT molecular complexity index is 732. The van der Waals surface area contributed by atoms with Gasteiger partial charge in [0.05, 0.1) is 6.10 Å². The number of hydrogen-bond acceptors (Lipinski definition) is 4. The van der Waals surface area contributed by atoms with Gasteiger partial charge in [-0.2, -0.15) is 0 Å². The normalized spacial score (nSPS) is 26.0. The average Bonchev–Trinajstić information content (AvgIpc) is 3.23. The lowest BCUT2D eigenvalue weighted by atomic mass is 9.71. The van der Waals surface area contributed by atoms with E-state index in [0.717, 1.165) is 5.56 Å². The number of aliphatic carboxylic acids is 1. The molecule has 1 fully saturated rings. The van der Waals surface area contributed by atoms with Crippen LogP contribution < -0.4 is 0 Å². The fourth-order valence-electron chi connectivity index (χ4n) is 4.23. The maximum absolute atomic E-state index is 13.2. The third kappa shape index (κ3) is 3.89. The molecule has 156 valence electrons. The lowest BCUT2D eigenvalue weighted by molar-refractivity contribution is -0.172. The fourth-order valence-corrected chi connectivity index (χ4v) is 5.42. The van der Waals surface area contributed by atoms with E-state index in [1.54, 1.807) is 20.8 Å². The van der Waals surface area contributed by atoms with Crippen molar-refractivity contribution in [3.8, 4) is 0 Å². The summed E-state index contributed by atoms with van der Waals surface area (Å²) in [6.07, 6.45) is -0.241. The van der Waals surface area contributed by atoms with E-state index in [0.29, 0.717) is 0 Å². The third-order valence-electron chi connectivity index (χ3n) is 5.22. The molecule has 3 atom stereocenters. The number of hydrogen-bond donors (Lipinski definition) is 1. The van der Waals surface area contributed by atoms with E-state index in [-0.39, 0.29) is 11.8 Å². The van der Waals surface area contributed by atoms with E-state index >= 15 is 0 Å². The van der Waals surface area contributed by atoms with Gasteiger partial charge >= 0.3 is 11.9 Å². The lowest BCUT2D eigenvalue weighted by Crippen LogP contribution is -2.50. The summed E-state index contributed by atoms with van der Waals surface area (Å²) in [6, 6.07) is 9.45. The summed E-state index contributed by atoms with van der Waals surface area (Å²) in [6.45, 7) is 15.5. The number of ether oxygens (including phenoxy) is 1. The van der Waals surface area contributed by atoms with Crippen molar-refractivity contribution in [3.63, 3.8) is 0 Å². The first-order valence-corrected chi connectivity index (χ1v) is 12.6. The Morgan fingerprint density at radius 2 is 1.61 bits per heavy atom. The van der Waals surface area contributed by atoms with Crippen molar-refractivity contribution in [1.29, 1.82) is 0 Å². The second kappa shape index (κ2) is 7.30. The Hall–Kier alpha value is -1.66. The van der Waals surface area contributed by atoms with Crippen molar-refractivity contribution in [1.82, 2.24) is 0 Å². The zero-order chi connectivity index (χ0) is 21.5. The van der Waals surface area contributed by atoms with Crippen molar-refractivity contribution in [2.75, 3.05) is 0 Å². The van der Waals surface area contributed by atoms with Crippen molar-refractivity contribution in [3.05, 3.63) is 35.9 Å². The van der Waals surface area contributed by atoms with E-state index in [1.165, 1.54) is 0 Å². The molecule has 28 heavy (non-hydrogen) atoms. The smallest absolute Gasteiger partial charge is 0.325 e. The Morgan fingerprint density at radius 1 is 1.07 bits per heavy atom. The monoisotopic (exact) mass is 406 g/mol. The van der Waals surface area contributed by atoms with Crippen LogP contribution >= 0.6 is 0 Å². The van der Waals surface area contributed by atoms with Gasteiger partial charge in [0, 0.05) is 5.41 Å².